The molecule has 0 radical (unpaired) electrons. The van der Waals surface area contributed by atoms with Crippen LogP contribution in [0.2, 0.25) is 10.0 Å². The minimum atomic E-state index is -0.107. The molecular weight excluding hydrogens is 263 g/mol. The van der Waals surface area contributed by atoms with E-state index in [0.717, 1.165) is 0 Å². The van der Waals surface area contributed by atoms with E-state index in [9.17, 15) is 4.79 Å². The van der Waals surface area contributed by atoms with Gasteiger partial charge >= 0.3 is 0 Å². The standard InChI is InChI=1S/C11H14Cl2N2O2/c1-14-6-10(16)15(2)9-5-7(12)4-8(13)11(9)17-3/h4-5,14H,6H2,1-3H3. The van der Waals surface area contributed by atoms with Crippen LogP contribution in [-0.4, -0.2) is 33.7 Å². The van der Waals surface area contributed by atoms with E-state index >= 15 is 0 Å². The van der Waals surface area contributed by atoms with E-state index in [4.69, 9.17) is 27.9 Å². The van der Waals surface area contributed by atoms with Crippen molar-refractivity contribution in [1.29, 1.82) is 0 Å². The van der Waals surface area contributed by atoms with Crippen molar-refractivity contribution in [3.05, 3.63) is 22.2 Å². The number of ether oxygens (including phenoxy) is 1. The summed E-state index contributed by atoms with van der Waals surface area (Å²) in [5.41, 5.74) is 0.547. The first kappa shape index (κ1) is 14.1. The summed E-state index contributed by atoms with van der Waals surface area (Å²) in [5, 5.41) is 3.61. The number of benzene rings is 1. The zero-order chi connectivity index (χ0) is 13.0. The van der Waals surface area contributed by atoms with E-state index in [2.05, 4.69) is 5.32 Å². The largest absolute Gasteiger partial charge is 0.493 e. The van der Waals surface area contributed by atoms with Crippen LogP contribution in [0.5, 0.6) is 5.75 Å². The van der Waals surface area contributed by atoms with Crippen molar-refractivity contribution in [3.8, 4) is 5.75 Å². The van der Waals surface area contributed by atoms with Gasteiger partial charge in [0.25, 0.3) is 0 Å². The van der Waals surface area contributed by atoms with Gasteiger partial charge in [-0.05, 0) is 19.2 Å². The molecule has 4 nitrogen and oxygen atoms in total. The number of amides is 1. The molecule has 0 fully saturated rings. The van der Waals surface area contributed by atoms with Gasteiger partial charge in [-0.25, -0.2) is 0 Å². The third-order valence-corrected chi connectivity index (χ3v) is 2.76. The molecule has 0 saturated heterocycles. The molecule has 1 amide bonds. The normalized spacial score (nSPS) is 10.2. The van der Waals surface area contributed by atoms with Crippen molar-refractivity contribution in [2.75, 3.05) is 32.6 Å². The molecule has 0 aliphatic carbocycles. The molecular formula is C11H14Cl2N2O2. The van der Waals surface area contributed by atoms with Crippen LogP contribution in [0.25, 0.3) is 0 Å². The molecule has 6 heteroatoms. The lowest BCUT2D eigenvalue weighted by Gasteiger charge is -2.21. The molecule has 0 bridgehead atoms. The van der Waals surface area contributed by atoms with Gasteiger partial charge in [-0.15, -0.1) is 0 Å². The molecule has 0 aromatic heterocycles. The predicted molar refractivity (Wildman–Crippen MR) is 70.4 cm³/mol. The summed E-state index contributed by atoms with van der Waals surface area (Å²) in [4.78, 5) is 13.2. The molecule has 0 atom stereocenters. The van der Waals surface area contributed by atoms with Gasteiger partial charge in [-0.1, -0.05) is 23.2 Å². The Balaban J connectivity index is 3.15. The van der Waals surface area contributed by atoms with Crippen LogP contribution in [0, 0.1) is 0 Å². The van der Waals surface area contributed by atoms with Crippen LogP contribution in [-0.2, 0) is 4.79 Å². The lowest BCUT2D eigenvalue weighted by molar-refractivity contribution is -0.117. The highest BCUT2D eigenvalue weighted by Crippen LogP contribution is 2.37. The summed E-state index contributed by atoms with van der Waals surface area (Å²) in [7, 11) is 4.84. The van der Waals surface area contributed by atoms with Crippen LogP contribution in [0.3, 0.4) is 0 Å². The van der Waals surface area contributed by atoms with Gasteiger partial charge < -0.3 is 15.0 Å². The summed E-state index contributed by atoms with van der Waals surface area (Å²) in [6.45, 7) is 0.226. The van der Waals surface area contributed by atoms with Crippen LogP contribution in [0.15, 0.2) is 12.1 Å². The number of hydrogen-bond acceptors (Lipinski definition) is 3. The molecule has 0 heterocycles. The minimum absolute atomic E-state index is 0.107. The smallest absolute Gasteiger partial charge is 0.240 e. The number of halogens is 2. The second-order valence-electron chi connectivity index (χ2n) is 3.42. The first-order valence-corrected chi connectivity index (χ1v) is 5.71. The van der Waals surface area contributed by atoms with E-state index in [1.807, 2.05) is 0 Å². The molecule has 1 aromatic rings. The Kier molecular flexibility index (Phi) is 5.05. The third kappa shape index (κ3) is 3.25. The van der Waals surface area contributed by atoms with Crippen molar-refractivity contribution in [1.82, 2.24) is 5.32 Å². The van der Waals surface area contributed by atoms with Crippen molar-refractivity contribution >= 4 is 34.8 Å². The summed E-state index contributed by atoms with van der Waals surface area (Å²) in [5.74, 6) is 0.326. The van der Waals surface area contributed by atoms with Gasteiger partial charge in [0.2, 0.25) is 5.91 Å². The fourth-order valence-corrected chi connectivity index (χ4v) is 1.96. The zero-order valence-electron chi connectivity index (χ0n) is 9.88. The highest BCUT2D eigenvalue weighted by atomic mass is 35.5. The maximum Gasteiger partial charge on any atom is 0.240 e. The first-order chi connectivity index (χ1) is 8.01. The number of rotatable bonds is 4. The number of methoxy groups -OCH3 is 1. The zero-order valence-corrected chi connectivity index (χ0v) is 11.4. The molecule has 1 rings (SSSR count). The number of carbonyl (C=O) groups excluding carboxylic acids is 1. The van der Waals surface area contributed by atoms with Gasteiger partial charge in [0.1, 0.15) is 0 Å². The Morgan fingerprint density at radius 1 is 1.47 bits per heavy atom. The fourth-order valence-electron chi connectivity index (χ4n) is 1.40. The molecule has 1 aromatic carbocycles. The Morgan fingerprint density at radius 2 is 2.12 bits per heavy atom. The monoisotopic (exact) mass is 276 g/mol. The Labute approximate surface area is 110 Å². The van der Waals surface area contributed by atoms with Gasteiger partial charge in [0.05, 0.1) is 24.4 Å². The van der Waals surface area contributed by atoms with E-state index < -0.39 is 0 Å². The Bertz CT molecular complexity index is 424. The quantitative estimate of drug-likeness (QED) is 0.917. The number of likely N-dealkylation sites (N-methyl/N-ethyl adjacent to an activating group) is 2. The molecule has 17 heavy (non-hydrogen) atoms. The molecule has 94 valence electrons. The number of nitrogens with zero attached hydrogens (tertiary/aromatic N) is 1. The fraction of sp³-hybridized carbons (Fsp3) is 0.364. The molecule has 0 aliphatic heterocycles. The number of anilines is 1. The summed E-state index contributed by atoms with van der Waals surface area (Å²) in [6.07, 6.45) is 0. The van der Waals surface area contributed by atoms with Crippen molar-refractivity contribution in [2.45, 2.75) is 0 Å². The average Bonchev–Trinajstić information content (AvgIpc) is 2.27. The lowest BCUT2D eigenvalue weighted by Crippen LogP contribution is -2.34. The lowest BCUT2D eigenvalue weighted by atomic mass is 10.2. The van der Waals surface area contributed by atoms with Crippen molar-refractivity contribution in [3.63, 3.8) is 0 Å². The van der Waals surface area contributed by atoms with Gasteiger partial charge in [0.15, 0.2) is 5.75 Å². The average molecular weight is 277 g/mol. The van der Waals surface area contributed by atoms with Crippen LogP contribution in [0.1, 0.15) is 0 Å². The highest BCUT2D eigenvalue weighted by molar-refractivity contribution is 6.36. The number of hydrogen-bond donors (Lipinski definition) is 1. The summed E-state index contributed by atoms with van der Waals surface area (Å²) in [6, 6.07) is 3.21. The first-order valence-electron chi connectivity index (χ1n) is 4.95. The topological polar surface area (TPSA) is 41.6 Å². The minimum Gasteiger partial charge on any atom is -0.493 e. The SMILES string of the molecule is CNCC(=O)N(C)c1cc(Cl)cc(Cl)c1OC. The third-order valence-electron chi connectivity index (χ3n) is 2.26. The van der Waals surface area contributed by atoms with Crippen LogP contribution >= 0.6 is 23.2 Å². The van der Waals surface area contributed by atoms with E-state index in [-0.39, 0.29) is 12.5 Å². The number of carbonyl (C=O) groups is 1. The summed E-state index contributed by atoms with van der Waals surface area (Å²) >= 11 is 11.9. The van der Waals surface area contributed by atoms with E-state index in [1.54, 1.807) is 26.2 Å². The van der Waals surface area contributed by atoms with Crippen molar-refractivity contribution in [2.24, 2.45) is 0 Å². The molecule has 0 spiro atoms. The Hall–Kier alpha value is -0.970. The molecule has 0 unspecified atom stereocenters. The highest BCUT2D eigenvalue weighted by Gasteiger charge is 2.17. The predicted octanol–water partition coefficient (Wildman–Crippen LogP) is 2.18. The second kappa shape index (κ2) is 6.10. The molecule has 0 aliphatic rings. The second-order valence-corrected chi connectivity index (χ2v) is 4.27. The van der Waals surface area contributed by atoms with Crippen molar-refractivity contribution < 1.29 is 9.53 Å². The molecule has 0 saturated carbocycles. The van der Waals surface area contributed by atoms with Crippen LogP contribution < -0.4 is 15.0 Å². The maximum absolute atomic E-state index is 11.8. The van der Waals surface area contributed by atoms with E-state index in [0.29, 0.717) is 21.5 Å². The molecule has 1 N–H and O–H groups in total. The number of nitrogens with one attached hydrogen (secondary N) is 1. The van der Waals surface area contributed by atoms with Gasteiger partial charge in [-0.2, -0.15) is 0 Å². The Morgan fingerprint density at radius 3 is 2.65 bits per heavy atom. The summed E-state index contributed by atoms with van der Waals surface area (Å²) < 4.78 is 5.18. The van der Waals surface area contributed by atoms with E-state index in [1.165, 1.54) is 12.0 Å². The van der Waals surface area contributed by atoms with Gasteiger partial charge in [0, 0.05) is 12.1 Å². The van der Waals surface area contributed by atoms with Gasteiger partial charge in [-0.3, -0.25) is 4.79 Å². The van der Waals surface area contributed by atoms with Crippen LogP contribution in [0.4, 0.5) is 5.69 Å². The maximum atomic E-state index is 11.8.